The van der Waals surface area contributed by atoms with Crippen molar-refractivity contribution in [3.8, 4) is 0 Å². The fraction of sp³-hybridized carbons (Fsp3) is 0.625. The van der Waals surface area contributed by atoms with Gasteiger partial charge < -0.3 is 14.5 Å². The molecule has 0 amide bonds. The Labute approximate surface area is 122 Å². The summed E-state index contributed by atoms with van der Waals surface area (Å²) in [6.07, 6.45) is 3.06. The van der Waals surface area contributed by atoms with Crippen molar-refractivity contribution in [2.75, 3.05) is 33.4 Å². The molecule has 0 aliphatic carbocycles. The Kier molecular flexibility index (Phi) is 8.26. The van der Waals surface area contributed by atoms with Gasteiger partial charge in [-0.1, -0.05) is 13.0 Å². The van der Waals surface area contributed by atoms with Gasteiger partial charge in [-0.05, 0) is 26.0 Å². The lowest BCUT2D eigenvalue weighted by Crippen LogP contribution is -2.27. The number of ether oxygens (including phenoxy) is 1. The van der Waals surface area contributed by atoms with Crippen molar-refractivity contribution < 1.29 is 9.15 Å². The molecular weight excluding hydrogens is 252 g/mol. The molecular formula is C16H28N2O2. The van der Waals surface area contributed by atoms with Gasteiger partial charge in [0.15, 0.2) is 0 Å². The molecule has 4 nitrogen and oxygen atoms in total. The van der Waals surface area contributed by atoms with Gasteiger partial charge in [0.2, 0.25) is 0 Å². The maximum absolute atomic E-state index is 5.80. The van der Waals surface area contributed by atoms with Crippen LogP contribution in [-0.2, 0) is 17.8 Å². The first-order chi connectivity index (χ1) is 9.71. The molecule has 1 aromatic heterocycles. The lowest BCUT2D eigenvalue weighted by molar-refractivity contribution is 0.151. The molecule has 0 spiro atoms. The molecule has 4 heteroatoms. The van der Waals surface area contributed by atoms with Crippen LogP contribution in [0.1, 0.15) is 30.4 Å². The van der Waals surface area contributed by atoms with E-state index in [1.165, 1.54) is 5.56 Å². The van der Waals surface area contributed by atoms with Gasteiger partial charge in [-0.15, -0.1) is 6.58 Å². The van der Waals surface area contributed by atoms with Crippen LogP contribution in [-0.4, -0.2) is 38.3 Å². The summed E-state index contributed by atoms with van der Waals surface area (Å²) in [6.45, 7) is 13.2. The number of methoxy groups -OCH3 is 1. The minimum Gasteiger partial charge on any atom is -0.465 e. The minimum absolute atomic E-state index is 0.732. The normalized spacial score (nSPS) is 11.2. The number of aryl methyl sites for hydroxylation is 1. The van der Waals surface area contributed by atoms with Crippen LogP contribution in [0.25, 0.3) is 0 Å². The number of furan rings is 1. The SMILES string of the molecule is C=CCN(CCOC)Cc1cc(CNCCC)oc1C. The molecule has 1 aromatic rings. The van der Waals surface area contributed by atoms with E-state index < -0.39 is 0 Å². The highest BCUT2D eigenvalue weighted by Gasteiger charge is 2.11. The van der Waals surface area contributed by atoms with E-state index in [4.69, 9.17) is 9.15 Å². The quantitative estimate of drug-likeness (QED) is 0.499. The summed E-state index contributed by atoms with van der Waals surface area (Å²) in [5, 5.41) is 3.36. The lowest BCUT2D eigenvalue weighted by Gasteiger charge is -2.19. The van der Waals surface area contributed by atoms with Crippen LogP contribution in [0.2, 0.25) is 0 Å². The van der Waals surface area contributed by atoms with Gasteiger partial charge >= 0.3 is 0 Å². The van der Waals surface area contributed by atoms with Crippen molar-refractivity contribution in [3.63, 3.8) is 0 Å². The Balaban J connectivity index is 2.57. The standard InChI is InChI=1S/C16H28N2O2/c1-5-7-17-12-16-11-15(14(3)20-16)13-18(8-6-2)9-10-19-4/h6,11,17H,2,5,7-10,12-13H2,1,3-4H3. The minimum atomic E-state index is 0.732. The molecule has 0 aromatic carbocycles. The Morgan fingerprint density at radius 3 is 2.95 bits per heavy atom. The highest BCUT2D eigenvalue weighted by atomic mass is 16.5. The first-order valence-electron chi connectivity index (χ1n) is 7.32. The van der Waals surface area contributed by atoms with E-state index in [9.17, 15) is 0 Å². The van der Waals surface area contributed by atoms with Crippen LogP contribution < -0.4 is 5.32 Å². The predicted octanol–water partition coefficient (Wildman–Crippen LogP) is 2.72. The van der Waals surface area contributed by atoms with Gasteiger partial charge in [0, 0.05) is 32.3 Å². The molecule has 20 heavy (non-hydrogen) atoms. The average molecular weight is 280 g/mol. The third kappa shape index (κ3) is 5.90. The molecule has 114 valence electrons. The van der Waals surface area contributed by atoms with Gasteiger partial charge in [-0.3, -0.25) is 4.90 Å². The Morgan fingerprint density at radius 1 is 1.50 bits per heavy atom. The topological polar surface area (TPSA) is 37.6 Å². The average Bonchev–Trinajstić information content (AvgIpc) is 2.77. The molecule has 0 atom stereocenters. The molecule has 0 aliphatic heterocycles. The van der Waals surface area contributed by atoms with Crippen molar-refractivity contribution in [2.45, 2.75) is 33.4 Å². The van der Waals surface area contributed by atoms with Crippen molar-refractivity contribution in [1.82, 2.24) is 10.2 Å². The third-order valence-electron chi connectivity index (χ3n) is 3.19. The van der Waals surface area contributed by atoms with Crippen LogP contribution in [0.15, 0.2) is 23.1 Å². The zero-order valence-electron chi connectivity index (χ0n) is 13.1. The van der Waals surface area contributed by atoms with Gasteiger partial charge in [0.1, 0.15) is 11.5 Å². The monoisotopic (exact) mass is 280 g/mol. The highest BCUT2D eigenvalue weighted by Crippen LogP contribution is 2.16. The summed E-state index contributed by atoms with van der Waals surface area (Å²) in [5.41, 5.74) is 1.25. The summed E-state index contributed by atoms with van der Waals surface area (Å²) in [6, 6.07) is 2.15. The van der Waals surface area contributed by atoms with E-state index in [0.29, 0.717) is 0 Å². The zero-order valence-corrected chi connectivity index (χ0v) is 13.1. The van der Waals surface area contributed by atoms with E-state index in [0.717, 1.165) is 57.3 Å². The first-order valence-corrected chi connectivity index (χ1v) is 7.32. The largest absolute Gasteiger partial charge is 0.465 e. The molecule has 1 N–H and O–H groups in total. The molecule has 0 saturated heterocycles. The molecule has 1 rings (SSSR count). The summed E-state index contributed by atoms with van der Waals surface area (Å²) in [4.78, 5) is 2.30. The van der Waals surface area contributed by atoms with E-state index >= 15 is 0 Å². The number of hydrogen-bond acceptors (Lipinski definition) is 4. The molecule has 0 radical (unpaired) electrons. The van der Waals surface area contributed by atoms with Crippen molar-refractivity contribution in [2.24, 2.45) is 0 Å². The number of nitrogens with one attached hydrogen (secondary N) is 1. The number of hydrogen-bond donors (Lipinski definition) is 1. The second kappa shape index (κ2) is 9.75. The van der Waals surface area contributed by atoms with Crippen LogP contribution in [0, 0.1) is 6.92 Å². The maximum Gasteiger partial charge on any atom is 0.118 e. The summed E-state index contributed by atoms with van der Waals surface area (Å²) in [7, 11) is 1.73. The molecule has 1 heterocycles. The fourth-order valence-electron chi connectivity index (χ4n) is 2.10. The summed E-state index contributed by atoms with van der Waals surface area (Å²) < 4.78 is 10.9. The van der Waals surface area contributed by atoms with E-state index in [1.807, 2.05) is 13.0 Å². The Bertz CT molecular complexity index is 388. The number of nitrogens with zero attached hydrogens (tertiary/aromatic N) is 1. The van der Waals surface area contributed by atoms with Crippen molar-refractivity contribution in [1.29, 1.82) is 0 Å². The smallest absolute Gasteiger partial charge is 0.118 e. The predicted molar refractivity (Wildman–Crippen MR) is 82.8 cm³/mol. The third-order valence-corrected chi connectivity index (χ3v) is 3.19. The van der Waals surface area contributed by atoms with E-state index in [-0.39, 0.29) is 0 Å². The Morgan fingerprint density at radius 2 is 2.30 bits per heavy atom. The van der Waals surface area contributed by atoms with Crippen molar-refractivity contribution in [3.05, 3.63) is 35.8 Å². The molecule has 0 unspecified atom stereocenters. The molecule has 0 bridgehead atoms. The highest BCUT2D eigenvalue weighted by molar-refractivity contribution is 5.20. The second-order valence-electron chi connectivity index (χ2n) is 4.99. The van der Waals surface area contributed by atoms with Gasteiger partial charge in [-0.2, -0.15) is 0 Å². The molecule has 0 aliphatic rings. The van der Waals surface area contributed by atoms with Crippen LogP contribution in [0.3, 0.4) is 0 Å². The first kappa shape index (κ1) is 17.0. The fourth-order valence-corrected chi connectivity index (χ4v) is 2.10. The summed E-state index contributed by atoms with van der Waals surface area (Å²) >= 11 is 0. The van der Waals surface area contributed by atoms with Crippen LogP contribution >= 0.6 is 0 Å². The van der Waals surface area contributed by atoms with Crippen LogP contribution in [0.5, 0.6) is 0 Å². The summed E-state index contributed by atoms with van der Waals surface area (Å²) in [5.74, 6) is 2.01. The van der Waals surface area contributed by atoms with Crippen LogP contribution in [0.4, 0.5) is 0 Å². The van der Waals surface area contributed by atoms with E-state index in [2.05, 4.69) is 29.8 Å². The van der Waals surface area contributed by atoms with Gasteiger partial charge in [0.25, 0.3) is 0 Å². The number of rotatable bonds is 11. The van der Waals surface area contributed by atoms with Gasteiger partial charge in [0.05, 0.1) is 13.2 Å². The van der Waals surface area contributed by atoms with Gasteiger partial charge in [-0.25, -0.2) is 0 Å². The van der Waals surface area contributed by atoms with Crippen molar-refractivity contribution >= 4 is 0 Å². The lowest BCUT2D eigenvalue weighted by atomic mass is 10.2. The molecule has 0 fully saturated rings. The second-order valence-corrected chi connectivity index (χ2v) is 4.99. The molecule has 0 saturated carbocycles. The maximum atomic E-state index is 5.80. The Hall–Kier alpha value is -1.10. The van der Waals surface area contributed by atoms with E-state index in [1.54, 1.807) is 7.11 Å². The zero-order chi connectivity index (χ0) is 14.8.